The van der Waals surface area contributed by atoms with Gasteiger partial charge in [0.15, 0.2) is 0 Å². The summed E-state index contributed by atoms with van der Waals surface area (Å²) in [4.78, 5) is 22.9. The zero-order valence-electron chi connectivity index (χ0n) is 15.8. The number of carbonyl (C=O) groups excluding carboxylic acids is 2. The van der Waals surface area contributed by atoms with E-state index in [0.717, 1.165) is 12.8 Å². The molecule has 0 aliphatic carbocycles. The van der Waals surface area contributed by atoms with Gasteiger partial charge in [0.25, 0.3) is 0 Å². The van der Waals surface area contributed by atoms with Crippen LogP contribution in [0.4, 0.5) is 0 Å². The van der Waals surface area contributed by atoms with Crippen LogP contribution >= 0.6 is 0 Å². The Morgan fingerprint density at radius 2 is 1.08 bits per heavy atom. The molecule has 0 N–H and O–H groups in total. The standard InChI is InChI=1S/C18H34O6/c1-6-15(4)17(19)23-10-8-21-12-14(3)13-22-9-11-24-18(20)16(5)7-2/h14-16H,6-13H2,1-5H3. The lowest BCUT2D eigenvalue weighted by Crippen LogP contribution is -2.20. The second-order valence-electron chi connectivity index (χ2n) is 6.21. The lowest BCUT2D eigenvalue weighted by Gasteiger charge is -2.14. The van der Waals surface area contributed by atoms with Crippen LogP contribution in [0.3, 0.4) is 0 Å². The van der Waals surface area contributed by atoms with Gasteiger partial charge in [-0.1, -0.05) is 34.6 Å². The summed E-state index contributed by atoms with van der Waals surface area (Å²) in [6.07, 6.45) is 1.56. The van der Waals surface area contributed by atoms with Crippen molar-refractivity contribution >= 4 is 11.9 Å². The third-order valence-corrected chi connectivity index (χ3v) is 3.78. The fraction of sp³-hybridized carbons (Fsp3) is 0.889. The minimum Gasteiger partial charge on any atom is -0.463 e. The van der Waals surface area contributed by atoms with Gasteiger partial charge in [-0.2, -0.15) is 0 Å². The molecule has 0 saturated carbocycles. The van der Waals surface area contributed by atoms with Gasteiger partial charge in [0, 0.05) is 5.92 Å². The first-order chi connectivity index (χ1) is 11.4. The first kappa shape index (κ1) is 22.9. The highest BCUT2D eigenvalue weighted by molar-refractivity contribution is 5.72. The van der Waals surface area contributed by atoms with Crippen LogP contribution < -0.4 is 0 Å². The average molecular weight is 346 g/mol. The van der Waals surface area contributed by atoms with Crippen LogP contribution in [0, 0.1) is 17.8 Å². The van der Waals surface area contributed by atoms with E-state index in [4.69, 9.17) is 18.9 Å². The van der Waals surface area contributed by atoms with Gasteiger partial charge >= 0.3 is 11.9 Å². The summed E-state index contributed by atoms with van der Waals surface area (Å²) in [5.41, 5.74) is 0. The van der Waals surface area contributed by atoms with E-state index in [1.54, 1.807) is 0 Å². The van der Waals surface area contributed by atoms with Gasteiger partial charge < -0.3 is 18.9 Å². The predicted octanol–water partition coefficient (Wildman–Crippen LogP) is 2.83. The Labute approximate surface area is 146 Å². The molecule has 0 saturated heterocycles. The van der Waals surface area contributed by atoms with Crippen molar-refractivity contribution in [1.82, 2.24) is 0 Å². The maximum atomic E-state index is 11.4. The molecule has 0 aromatic rings. The summed E-state index contributed by atoms with van der Waals surface area (Å²) < 4.78 is 21.1. The molecule has 0 amide bonds. The number of ether oxygens (including phenoxy) is 4. The van der Waals surface area contributed by atoms with E-state index >= 15 is 0 Å². The van der Waals surface area contributed by atoms with E-state index in [9.17, 15) is 9.59 Å². The Balaban J connectivity index is 3.49. The van der Waals surface area contributed by atoms with Gasteiger partial charge in [-0.15, -0.1) is 0 Å². The van der Waals surface area contributed by atoms with E-state index in [1.165, 1.54) is 0 Å². The number of esters is 2. The number of carbonyl (C=O) groups is 2. The molecule has 0 aromatic heterocycles. The third-order valence-electron chi connectivity index (χ3n) is 3.78. The van der Waals surface area contributed by atoms with Crippen LogP contribution in [-0.2, 0) is 28.5 Å². The fourth-order valence-corrected chi connectivity index (χ4v) is 1.64. The molecule has 6 nitrogen and oxygen atoms in total. The topological polar surface area (TPSA) is 71.1 Å². The van der Waals surface area contributed by atoms with Crippen molar-refractivity contribution in [2.75, 3.05) is 39.6 Å². The maximum Gasteiger partial charge on any atom is 0.308 e. The maximum absolute atomic E-state index is 11.4. The van der Waals surface area contributed by atoms with E-state index in [2.05, 4.69) is 0 Å². The van der Waals surface area contributed by atoms with Crippen molar-refractivity contribution in [1.29, 1.82) is 0 Å². The van der Waals surface area contributed by atoms with Gasteiger partial charge in [-0.05, 0) is 12.8 Å². The van der Waals surface area contributed by atoms with Crippen molar-refractivity contribution in [3.63, 3.8) is 0 Å². The average Bonchev–Trinajstić information content (AvgIpc) is 2.59. The zero-order chi connectivity index (χ0) is 18.4. The Morgan fingerprint density at radius 3 is 1.42 bits per heavy atom. The largest absolute Gasteiger partial charge is 0.463 e. The van der Waals surface area contributed by atoms with Crippen molar-refractivity contribution in [3.05, 3.63) is 0 Å². The molecule has 24 heavy (non-hydrogen) atoms. The predicted molar refractivity (Wildman–Crippen MR) is 91.6 cm³/mol. The van der Waals surface area contributed by atoms with Crippen molar-refractivity contribution in [2.45, 2.75) is 47.5 Å². The molecule has 0 radical (unpaired) electrons. The lowest BCUT2D eigenvalue weighted by atomic mass is 10.1. The van der Waals surface area contributed by atoms with Gasteiger partial charge in [0.1, 0.15) is 13.2 Å². The van der Waals surface area contributed by atoms with Crippen LogP contribution in [0.1, 0.15) is 47.5 Å². The second kappa shape index (κ2) is 14.2. The molecule has 0 heterocycles. The van der Waals surface area contributed by atoms with Crippen LogP contribution in [0.5, 0.6) is 0 Å². The smallest absolute Gasteiger partial charge is 0.308 e. The van der Waals surface area contributed by atoms with Crippen LogP contribution in [0.15, 0.2) is 0 Å². The van der Waals surface area contributed by atoms with Gasteiger partial charge in [0.2, 0.25) is 0 Å². The Bertz CT molecular complexity index is 312. The monoisotopic (exact) mass is 346 g/mol. The fourth-order valence-electron chi connectivity index (χ4n) is 1.64. The minimum absolute atomic E-state index is 0.0632. The van der Waals surface area contributed by atoms with Gasteiger partial charge in [-0.25, -0.2) is 0 Å². The molecule has 6 heteroatoms. The Hall–Kier alpha value is -1.14. The summed E-state index contributed by atoms with van der Waals surface area (Å²) in [5.74, 6) is -0.257. The highest BCUT2D eigenvalue weighted by Crippen LogP contribution is 2.04. The van der Waals surface area contributed by atoms with E-state index in [-0.39, 0.29) is 42.9 Å². The number of hydrogen-bond acceptors (Lipinski definition) is 6. The first-order valence-electron chi connectivity index (χ1n) is 8.91. The molecular weight excluding hydrogens is 312 g/mol. The molecule has 0 spiro atoms. The number of rotatable bonds is 14. The van der Waals surface area contributed by atoms with Crippen molar-refractivity contribution in [2.24, 2.45) is 17.8 Å². The molecule has 0 aliphatic rings. The van der Waals surface area contributed by atoms with E-state index in [1.807, 2.05) is 34.6 Å². The molecule has 142 valence electrons. The molecule has 0 bridgehead atoms. The van der Waals surface area contributed by atoms with Crippen LogP contribution in [0.2, 0.25) is 0 Å². The normalized spacial score (nSPS) is 14.7. The minimum atomic E-state index is -0.176. The molecule has 0 aromatic carbocycles. The molecule has 0 fully saturated rings. The highest BCUT2D eigenvalue weighted by atomic mass is 16.6. The Morgan fingerprint density at radius 1 is 0.708 bits per heavy atom. The zero-order valence-corrected chi connectivity index (χ0v) is 15.8. The van der Waals surface area contributed by atoms with Gasteiger partial charge in [0.05, 0.1) is 38.3 Å². The SMILES string of the molecule is CCC(C)C(=O)OCCOCC(C)COCCOC(=O)C(C)CC. The Kier molecular flexibility index (Phi) is 13.5. The summed E-state index contributed by atoms with van der Waals surface area (Å²) >= 11 is 0. The first-order valence-corrected chi connectivity index (χ1v) is 8.91. The van der Waals surface area contributed by atoms with Crippen LogP contribution in [0.25, 0.3) is 0 Å². The lowest BCUT2D eigenvalue weighted by molar-refractivity contribution is -0.150. The van der Waals surface area contributed by atoms with Crippen LogP contribution in [-0.4, -0.2) is 51.6 Å². The molecular formula is C18H34O6. The quantitative estimate of drug-likeness (QED) is 0.356. The highest BCUT2D eigenvalue weighted by Gasteiger charge is 2.12. The summed E-state index contributed by atoms with van der Waals surface area (Å²) in [6.45, 7) is 12.0. The molecule has 0 aliphatic heterocycles. The van der Waals surface area contributed by atoms with Crippen molar-refractivity contribution in [3.8, 4) is 0 Å². The van der Waals surface area contributed by atoms with E-state index < -0.39 is 0 Å². The molecule has 2 unspecified atom stereocenters. The summed E-state index contributed by atoms with van der Waals surface area (Å²) in [7, 11) is 0. The molecule has 2 atom stereocenters. The summed E-state index contributed by atoms with van der Waals surface area (Å²) in [5, 5.41) is 0. The van der Waals surface area contributed by atoms with E-state index in [0.29, 0.717) is 26.4 Å². The molecule has 0 rings (SSSR count). The summed E-state index contributed by atoms with van der Waals surface area (Å²) in [6, 6.07) is 0. The van der Waals surface area contributed by atoms with Crippen molar-refractivity contribution < 1.29 is 28.5 Å². The third kappa shape index (κ3) is 11.4. The van der Waals surface area contributed by atoms with Gasteiger partial charge in [-0.3, -0.25) is 9.59 Å². The number of hydrogen-bond donors (Lipinski definition) is 0. The second-order valence-corrected chi connectivity index (χ2v) is 6.21.